The maximum absolute atomic E-state index is 12.0. The summed E-state index contributed by atoms with van der Waals surface area (Å²) < 4.78 is 27.0. The summed E-state index contributed by atoms with van der Waals surface area (Å²) >= 11 is 0. The fourth-order valence-electron chi connectivity index (χ4n) is 4.44. The molecule has 0 aromatic heterocycles. The second-order valence-electron chi connectivity index (χ2n) is 6.67. The highest BCUT2D eigenvalue weighted by atomic mass is 32.2. The normalized spacial score (nSPS) is 44.5. The molecule has 0 unspecified atom stereocenters. The summed E-state index contributed by atoms with van der Waals surface area (Å²) in [6.07, 6.45) is 6.46. The van der Waals surface area contributed by atoms with E-state index >= 15 is 0 Å². The maximum atomic E-state index is 12.0. The summed E-state index contributed by atoms with van der Waals surface area (Å²) in [7, 11) is -3.09. The molecule has 4 saturated carbocycles. The Bertz CT molecular complexity index is 374. The van der Waals surface area contributed by atoms with Gasteiger partial charge in [-0.25, -0.2) is 13.1 Å². The van der Waals surface area contributed by atoms with Crippen LogP contribution in [0.3, 0.4) is 0 Å². The highest BCUT2D eigenvalue weighted by Crippen LogP contribution is 2.53. The minimum Gasteiger partial charge on any atom is -0.212 e. The van der Waals surface area contributed by atoms with Crippen molar-refractivity contribution in [1.82, 2.24) is 4.72 Å². The Morgan fingerprint density at radius 1 is 0.941 bits per heavy atom. The predicted octanol–water partition coefficient (Wildman–Crippen LogP) is 2.14. The molecule has 0 saturated heterocycles. The highest BCUT2D eigenvalue weighted by molar-refractivity contribution is 7.90. The van der Waals surface area contributed by atoms with Gasteiger partial charge in [0.15, 0.2) is 0 Å². The largest absolute Gasteiger partial charge is 0.214 e. The highest BCUT2D eigenvalue weighted by Gasteiger charge is 2.49. The Morgan fingerprint density at radius 2 is 1.41 bits per heavy atom. The number of rotatable bonds is 3. The van der Waals surface area contributed by atoms with Crippen LogP contribution >= 0.6 is 0 Å². The second-order valence-corrected chi connectivity index (χ2v) is 8.94. The molecule has 4 fully saturated rings. The Morgan fingerprint density at radius 3 is 1.82 bits per heavy atom. The van der Waals surface area contributed by atoms with E-state index in [1.54, 1.807) is 13.8 Å². The van der Waals surface area contributed by atoms with Crippen molar-refractivity contribution in [2.45, 2.75) is 57.2 Å². The lowest BCUT2D eigenvalue weighted by atomic mass is 9.54. The van der Waals surface area contributed by atoms with Crippen molar-refractivity contribution in [1.29, 1.82) is 0 Å². The van der Waals surface area contributed by atoms with Crippen LogP contribution in [0.15, 0.2) is 0 Å². The predicted molar refractivity (Wildman–Crippen MR) is 68.0 cm³/mol. The van der Waals surface area contributed by atoms with Crippen LogP contribution in [-0.2, 0) is 10.0 Å². The maximum Gasteiger partial charge on any atom is 0.214 e. The first-order valence-corrected chi connectivity index (χ1v) is 8.51. The van der Waals surface area contributed by atoms with E-state index in [0.29, 0.717) is 11.8 Å². The summed E-state index contributed by atoms with van der Waals surface area (Å²) in [5.41, 5.74) is 0. The molecule has 1 N–H and O–H groups in total. The smallest absolute Gasteiger partial charge is 0.212 e. The van der Waals surface area contributed by atoms with Crippen molar-refractivity contribution in [2.75, 3.05) is 0 Å². The van der Waals surface area contributed by atoms with Crippen LogP contribution in [0.1, 0.15) is 46.0 Å². The quantitative estimate of drug-likeness (QED) is 0.842. The van der Waals surface area contributed by atoms with Gasteiger partial charge in [0.05, 0.1) is 5.25 Å². The summed E-state index contributed by atoms with van der Waals surface area (Å²) in [6, 6.07) is 0.246. The average Bonchev–Trinajstić information content (AvgIpc) is 2.22. The average molecular weight is 257 g/mol. The Labute approximate surface area is 104 Å². The van der Waals surface area contributed by atoms with Crippen molar-refractivity contribution in [3.8, 4) is 0 Å². The molecule has 3 nitrogen and oxygen atoms in total. The van der Waals surface area contributed by atoms with Gasteiger partial charge in [-0.1, -0.05) is 0 Å². The van der Waals surface area contributed by atoms with Gasteiger partial charge in [-0.15, -0.1) is 0 Å². The molecule has 0 radical (unpaired) electrons. The van der Waals surface area contributed by atoms with Crippen molar-refractivity contribution >= 4 is 10.0 Å². The summed E-state index contributed by atoms with van der Waals surface area (Å²) in [5.74, 6) is 3.05. The van der Waals surface area contributed by atoms with Gasteiger partial charge < -0.3 is 0 Å². The van der Waals surface area contributed by atoms with E-state index in [2.05, 4.69) is 4.72 Å². The molecule has 0 aromatic rings. The zero-order chi connectivity index (χ0) is 12.2. The molecule has 17 heavy (non-hydrogen) atoms. The van der Waals surface area contributed by atoms with Crippen LogP contribution in [0.25, 0.3) is 0 Å². The van der Waals surface area contributed by atoms with Gasteiger partial charge in [-0.3, -0.25) is 0 Å². The topological polar surface area (TPSA) is 46.2 Å². The molecule has 0 amide bonds. The van der Waals surface area contributed by atoms with Gasteiger partial charge in [0.2, 0.25) is 10.0 Å². The fourth-order valence-corrected chi connectivity index (χ4v) is 5.48. The molecule has 98 valence electrons. The van der Waals surface area contributed by atoms with E-state index < -0.39 is 10.0 Å². The molecule has 4 rings (SSSR count). The van der Waals surface area contributed by atoms with Crippen molar-refractivity contribution in [3.05, 3.63) is 0 Å². The monoisotopic (exact) mass is 257 g/mol. The van der Waals surface area contributed by atoms with Crippen molar-refractivity contribution in [3.63, 3.8) is 0 Å². The van der Waals surface area contributed by atoms with Crippen LogP contribution in [0, 0.1) is 23.7 Å². The lowest BCUT2D eigenvalue weighted by Crippen LogP contribution is -2.56. The number of hydrogen-bond donors (Lipinski definition) is 1. The van der Waals surface area contributed by atoms with Gasteiger partial charge in [0.25, 0.3) is 0 Å². The van der Waals surface area contributed by atoms with Crippen LogP contribution in [0.5, 0.6) is 0 Å². The van der Waals surface area contributed by atoms with E-state index in [0.717, 1.165) is 11.8 Å². The second kappa shape index (κ2) is 3.95. The van der Waals surface area contributed by atoms with Gasteiger partial charge in [0.1, 0.15) is 0 Å². The van der Waals surface area contributed by atoms with E-state index in [-0.39, 0.29) is 11.3 Å². The lowest BCUT2D eigenvalue weighted by molar-refractivity contribution is -0.00563. The van der Waals surface area contributed by atoms with Crippen LogP contribution < -0.4 is 4.72 Å². The molecule has 0 heterocycles. The Hall–Kier alpha value is -0.0900. The lowest BCUT2D eigenvalue weighted by Gasteiger charge is -2.54. The Balaban J connectivity index is 1.77. The first kappa shape index (κ1) is 12.0. The van der Waals surface area contributed by atoms with Crippen LogP contribution in [0.2, 0.25) is 0 Å². The third-order valence-corrected chi connectivity index (χ3v) is 6.99. The molecule has 4 aliphatic carbocycles. The SMILES string of the molecule is CC(C)S(=O)(=O)NC1C2CC3CC(C2)CC1C3. The molecular formula is C13H23NO2S. The van der Waals surface area contributed by atoms with Gasteiger partial charge in [-0.2, -0.15) is 0 Å². The standard InChI is InChI=1S/C13H23NO2S/c1-8(2)17(15,16)14-13-11-4-9-3-10(6-11)7-12(13)5-9/h8-14H,3-7H2,1-2H3. The number of nitrogens with one attached hydrogen (secondary N) is 1. The minimum absolute atomic E-state index is 0.246. The van der Waals surface area contributed by atoms with Gasteiger partial charge in [0, 0.05) is 6.04 Å². The van der Waals surface area contributed by atoms with Gasteiger partial charge in [-0.05, 0) is 69.6 Å². The molecule has 0 atom stereocenters. The van der Waals surface area contributed by atoms with E-state index in [1.165, 1.54) is 32.1 Å². The minimum atomic E-state index is -3.09. The molecule has 4 bridgehead atoms. The third kappa shape index (κ3) is 2.03. The van der Waals surface area contributed by atoms with E-state index in [9.17, 15) is 8.42 Å². The summed E-state index contributed by atoms with van der Waals surface area (Å²) in [4.78, 5) is 0. The van der Waals surface area contributed by atoms with E-state index in [1.807, 2.05) is 0 Å². The zero-order valence-corrected chi connectivity index (χ0v) is 11.5. The molecule has 4 heteroatoms. The van der Waals surface area contributed by atoms with Crippen molar-refractivity contribution < 1.29 is 8.42 Å². The van der Waals surface area contributed by atoms with Crippen LogP contribution in [0.4, 0.5) is 0 Å². The molecule has 0 aliphatic heterocycles. The molecule has 0 aromatic carbocycles. The first-order valence-electron chi connectivity index (χ1n) is 6.97. The molecule has 4 aliphatic rings. The fraction of sp³-hybridized carbons (Fsp3) is 1.00. The van der Waals surface area contributed by atoms with Crippen LogP contribution in [-0.4, -0.2) is 19.7 Å². The van der Waals surface area contributed by atoms with Gasteiger partial charge >= 0.3 is 0 Å². The summed E-state index contributed by atoms with van der Waals surface area (Å²) in [5, 5.41) is -0.306. The number of hydrogen-bond acceptors (Lipinski definition) is 2. The molecular weight excluding hydrogens is 234 g/mol. The molecule has 0 spiro atoms. The Kier molecular flexibility index (Phi) is 2.78. The third-order valence-electron chi connectivity index (χ3n) is 5.15. The summed E-state index contributed by atoms with van der Waals surface area (Å²) in [6.45, 7) is 3.52. The van der Waals surface area contributed by atoms with E-state index in [4.69, 9.17) is 0 Å². The zero-order valence-electron chi connectivity index (χ0n) is 10.7. The van der Waals surface area contributed by atoms with Crippen molar-refractivity contribution in [2.24, 2.45) is 23.7 Å². The number of sulfonamides is 1. The first-order chi connectivity index (χ1) is 7.95.